The van der Waals surface area contributed by atoms with E-state index in [1.54, 1.807) is 0 Å². The van der Waals surface area contributed by atoms with Gasteiger partial charge in [0.25, 0.3) is 0 Å². The lowest BCUT2D eigenvalue weighted by Crippen LogP contribution is -1.90. The van der Waals surface area contributed by atoms with Crippen molar-refractivity contribution < 1.29 is 0 Å². The molecule has 1 nitrogen and oxygen atoms in total. The van der Waals surface area contributed by atoms with Crippen molar-refractivity contribution in [3.05, 3.63) is 39.7 Å². The lowest BCUT2D eigenvalue weighted by molar-refractivity contribution is 1.17. The summed E-state index contributed by atoms with van der Waals surface area (Å²) in [6, 6.07) is 8.19. The summed E-state index contributed by atoms with van der Waals surface area (Å²) in [5, 5.41) is 2.40. The molecule has 0 N–H and O–H groups in total. The molecule has 1 aromatic heterocycles. The molecule has 0 aliphatic rings. The van der Waals surface area contributed by atoms with Gasteiger partial charge in [-0.1, -0.05) is 24.3 Å². The van der Waals surface area contributed by atoms with Gasteiger partial charge in [-0.2, -0.15) is 0 Å². The normalized spacial score (nSPS) is 10.6. The van der Waals surface area contributed by atoms with Gasteiger partial charge in [0.2, 0.25) is 0 Å². The van der Waals surface area contributed by atoms with Crippen LogP contribution in [-0.4, -0.2) is 4.98 Å². The Labute approximate surface area is 95.3 Å². The molecule has 0 fully saturated rings. The highest BCUT2D eigenvalue weighted by Crippen LogP contribution is 2.22. The molecular formula is C10H7ClIN. The number of benzene rings is 1. The highest BCUT2D eigenvalue weighted by molar-refractivity contribution is 14.1. The highest BCUT2D eigenvalue weighted by atomic mass is 127. The number of halogens is 2. The standard InChI is InChI=1S/C10H7ClIN/c11-5-9-10(12)8-4-2-1-3-7(8)6-13-9/h1-4,6H,5H2. The largest absolute Gasteiger partial charge is 0.258 e. The van der Waals surface area contributed by atoms with Crippen LogP contribution in [0.2, 0.25) is 0 Å². The van der Waals surface area contributed by atoms with E-state index in [1.165, 1.54) is 10.8 Å². The second-order valence-corrected chi connectivity index (χ2v) is 4.09. The zero-order valence-corrected chi connectivity index (χ0v) is 9.71. The first-order valence-corrected chi connectivity index (χ1v) is 5.52. The average molecular weight is 304 g/mol. The number of pyridine rings is 1. The van der Waals surface area contributed by atoms with E-state index >= 15 is 0 Å². The predicted octanol–water partition coefficient (Wildman–Crippen LogP) is 3.58. The van der Waals surface area contributed by atoms with E-state index in [1.807, 2.05) is 18.3 Å². The molecule has 0 radical (unpaired) electrons. The lowest BCUT2D eigenvalue weighted by Gasteiger charge is -2.03. The Morgan fingerprint density at radius 2 is 2.08 bits per heavy atom. The molecule has 0 bridgehead atoms. The highest BCUT2D eigenvalue weighted by Gasteiger charge is 2.03. The zero-order chi connectivity index (χ0) is 9.26. The lowest BCUT2D eigenvalue weighted by atomic mass is 10.1. The average Bonchev–Trinajstić information content (AvgIpc) is 2.19. The number of alkyl halides is 1. The Hall–Kier alpha value is -0.350. The van der Waals surface area contributed by atoms with Crippen LogP contribution in [-0.2, 0) is 5.88 Å². The van der Waals surface area contributed by atoms with Crippen molar-refractivity contribution in [2.24, 2.45) is 0 Å². The third-order valence-corrected chi connectivity index (χ3v) is 3.39. The Bertz CT molecular complexity index is 442. The number of hydrogen-bond donors (Lipinski definition) is 0. The van der Waals surface area contributed by atoms with Crippen molar-refractivity contribution in [1.29, 1.82) is 0 Å². The molecule has 0 amide bonds. The Morgan fingerprint density at radius 3 is 2.85 bits per heavy atom. The molecule has 0 saturated carbocycles. The smallest absolute Gasteiger partial charge is 0.0691 e. The van der Waals surface area contributed by atoms with E-state index in [0.29, 0.717) is 5.88 Å². The molecule has 0 atom stereocenters. The van der Waals surface area contributed by atoms with Crippen LogP contribution in [0.5, 0.6) is 0 Å². The van der Waals surface area contributed by atoms with Gasteiger partial charge in [-0.25, -0.2) is 0 Å². The van der Waals surface area contributed by atoms with Crippen LogP contribution in [0.15, 0.2) is 30.5 Å². The molecular weight excluding hydrogens is 296 g/mol. The molecule has 0 saturated heterocycles. The summed E-state index contributed by atoms with van der Waals surface area (Å²) in [6.07, 6.45) is 1.87. The minimum Gasteiger partial charge on any atom is -0.258 e. The van der Waals surface area contributed by atoms with E-state index in [-0.39, 0.29) is 0 Å². The maximum Gasteiger partial charge on any atom is 0.0691 e. The fraction of sp³-hybridized carbons (Fsp3) is 0.100. The monoisotopic (exact) mass is 303 g/mol. The number of fused-ring (bicyclic) bond motifs is 1. The van der Waals surface area contributed by atoms with Gasteiger partial charge in [-0.3, -0.25) is 4.98 Å². The number of nitrogens with zero attached hydrogens (tertiary/aromatic N) is 1. The van der Waals surface area contributed by atoms with Gasteiger partial charge in [0.05, 0.1) is 11.6 Å². The molecule has 0 aliphatic carbocycles. The molecule has 13 heavy (non-hydrogen) atoms. The van der Waals surface area contributed by atoms with E-state index < -0.39 is 0 Å². The van der Waals surface area contributed by atoms with Crippen LogP contribution in [0.4, 0.5) is 0 Å². The molecule has 2 aromatic rings. The maximum absolute atomic E-state index is 5.77. The number of hydrogen-bond acceptors (Lipinski definition) is 1. The van der Waals surface area contributed by atoms with Crippen molar-refractivity contribution in [3.63, 3.8) is 0 Å². The summed E-state index contributed by atoms with van der Waals surface area (Å²) in [6.45, 7) is 0. The first kappa shape index (κ1) is 9.21. The van der Waals surface area contributed by atoms with Crippen LogP contribution in [0.25, 0.3) is 10.8 Å². The molecule has 0 spiro atoms. The number of rotatable bonds is 1. The fourth-order valence-electron chi connectivity index (χ4n) is 1.26. The van der Waals surface area contributed by atoms with Crippen LogP contribution in [0.1, 0.15) is 5.69 Å². The van der Waals surface area contributed by atoms with Gasteiger partial charge in [-0.05, 0) is 28.0 Å². The van der Waals surface area contributed by atoms with Gasteiger partial charge in [0, 0.05) is 15.2 Å². The van der Waals surface area contributed by atoms with Gasteiger partial charge in [0.15, 0.2) is 0 Å². The Kier molecular flexibility index (Phi) is 2.69. The summed E-state index contributed by atoms with van der Waals surface area (Å²) < 4.78 is 1.16. The molecule has 1 aromatic carbocycles. The van der Waals surface area contributed by atoms with Crippen molar-refractivity contribution in [3.8, 4) is 0 Å². The maximum atomic E-state index is 5.77. The first-order chi connectivity index (χ1) is 6.33. The third-order valence-electron chi connectivity index (χ3n) is 1.94. The minimum atomic E-state index is 0.475. The SMILES string of the molecule is ClCc1ncc2ccccc2c1I. The summed E-state index contributed by atoms with van der Waals surface area (Å²) >= 11 is 8.06. The molecule has 2 rings (SSSR count). The molecule has 3 heteroatoms. The molecule has 0 unspecified atom stereocenters. The van der Waals surface area contributed by atoms with Gasteiger partial charge >= 0.3 is 0 Å². The summed E-state index contributed by atoms with van der Waals surface area (Å²) in [5.41, 5.74) is 0.959. The third kappa shape index (κ3) is 1.65. The molecule has 0 aliphatic heterocycles. The second-order valence-electron chi connectivity index (χ2n) is 2.74. The van der Waals surface area contributed by atoms with E-state index in [0.717, 1.165) is 9.26 Å². The molecule has 1 heterocycles. The zero-order valence-electron chi connectivity index (χ0n) is 6.80. The van der Waals surface area contributed by atoms with E-state index in [9.17, 15) is 0 Å². The Balaban J connectivity index is 2.79. The fourth-order valence-corrected chi connectivity index (χ4v) is 2.51. The summed E-state index contributed by atoms with van der Waals surface area (Å²) in [7, 11) is 0. The van der Waals surface area contributed by atoms with Crippen LogP contribution >= 0.6 is 34.2 Å². The predicted molar refractivity (Wildman–Crippen MR) is 64.0 cm³/mol. The second kappa shape index (κ2) is 3.80. The molecule has 66 valence electrons. The van der Waals surface area contributed by atoms with Crippen molar-refractivity contribution >= 4 is 45.0 Å². The van der Waals surface area contributed by atoms with Gasteiger partial charge < -0.3 is 0 Å². The van der Waals surface area contributed by atoms with Gasteiger partial charge in [-0.15, -0.1) is 11.6 Å². The topological polar surface area (TPSA) is 12.9 Å². The minimum absolute atomic E-state index is 0.475. The van der Waals surface area contributed by atoms with Crippen LogP contribution < -0.4 is 0 Å². The summed E-state index contributed by atoms with van der Waals surface area (Å²) in [4.78, 5) is 4.29. The van der Waals surface area contributed by atoms with Gasteiger partial charge in [0.1, 0.15) is 0 Å². The first-order valence-electron chi connectivity index (χ1n) is 3.91. The van der Waals surface area contributed by atoms with E-state index in [2.05, 4.69) is 39.7 Å². The van der Waals surface area contributed by atoms with Crippen molar-refractivity contribution in [2.45, 2.75) is 5.88 Å². The van der Waals surface area contributed by atoms with Crippen LogP contribution in [0.3, 0.4) is 0 Å². The summed E-state index contributed by atoms with van der Waals surface area (Å²) in [5.74, 6) is 0.475. The van der Waals surface area contributed by atoms with E-state index in [4.69, 9.17) is 11.6 Å². The van der Waals surface area contributed by atoms with Crippen molar-refractivity contribution in [2.75, 3.05) is 0 Å². The Morgan fingerprint density at radius 1 is 1.31 bits per heavy atom. The van der Waals surface area contributed by atoms with Crippen molar-refractivity contribution in [1.82, 2.24) is 4.98 Å². The number of aromatic nitrogens is 1. The van der Waals surface area contributed by atoms with Crippen LogP contribution in [0, 0.1) is 3.57 Å². The quantitative estimate of drug-likeness (QED) is 0.580.